The van der Waals surface area contributed by atoms with Crippen molar-refractivity contribution in [2.45, 2.75) is 69.2 Å². The maximum absolute atomic E-state index is 12.8. The van der Waals surface area contributed by atoms with Crippen LogP contribution in [0.5, 0.6) is 5.75 Å². The van der Waals surface area contributed by atoms with E-state index in [0.29, 0.717) is 13.0 Å². The second-order valence-corrected chi connectivity index (χ2v) is 8.35. The van der Waals surface area contributed by atoms with E-state index >= 15 is 0 Å². The molecule has 2 atom stereocenters. The molecule has 1 aliphatic carbocycles. The topological polar surface area (TPSA) is 81.1 Å². The van der Waals surface area contributed by atoms with Crippen molar-refractivity contribution in [3.8, 4) is 5.75 Å². The highest BCUT2D eigenvalue weighted by Crippen LogP contribution is 2.37. The normalized spacial score (nSPS) is 30.7. The van der Waals surface area contributed by atoms with Crippen molar-refractivity contribution in [3.63, 3.8) is 0 Å². The fourth-order valence-corrected chi connectivity index (χ4v) is 5.14. The van der Waals surface area contributed by atoms with Gasteiger partial charge in [0.2, 0.25) is 11.8 Å². The van der Waals surface area contributed by atoms with Gasteiger partial charge in [-0.25, -0.2) is 0 Å². The number of amides is 2. The standard InChI is InChI=1S/C20H25ClN2O4/c21-15-9-12(1-6-18(15)25)10-19(26)22-8-7-16-17(22)11-20(27)23(16)13-2-4-14(24)5-3-13/h1,6,9,13-14,16-17,24-25H,2-5,7-8,10-11H2/t13?,14?,16-,17-/m0/s1. The summed E-state index contributed by atoms with van der Waals surface area (Å²) in [6, 6.07) is 5.06. The lowest BCUT2D eigenvalue weighted by Crippen LogP contribution is -2.46. The van der Waals surface area contributed by atoms with Gasteiger partial charge in [0.05, 0.1) is 29.6 Å². The zero-order valence-corrected chi connectivity index (χ0v) is 15.9. The third kappa shape index (κ3) is 3.52. The van der Waals surface area contributed by atoms with Gasteiger partial charge < -0.3 is 20.0 Å². The molecule has 3 fully saturated rings. The van der Waals surface area contributed by atoms with Gasteiger partial charge in [-0.1, -0.05) is 17.7 Å². The van der Waals surface area contributed by atoms with Crippen molar-refractivity contribution in [1.29, 1.82) is 0 Å². The fourth-order valence-electron chi connectivity index (χ4n) is 4.93. The largest absolute Gasteiger partial charge is 0.506 e. The predicted octanol–water partition coefficient (Wildman–Crippen LogP) is 2.09. The van der Waals surface area contributed by atoms with Crippen LogP contribution in [0.4, 0.5) is 0 Å². The number of phenolic OH excluding ortho intramolecular Hbond substituents is 1. The first-order valence-corrected chi connectivity index (χ1v) is 10.1. The van der Waals surface area contributed by atoms with Crippen LogP contribution in [0, 0.1) is 0 Å². The number of carbonyl (C=O) groups is 2. The summed E-state index contributed by atoms with van der Waals surface area (Å²) in [6.07, 6.45) is 4.36. The minimum Gasteiger partial charge on any atom is -0.506 e. The summed E-state index contributed by atoms with van der Waals surface area (Å²) in [6.45, 7) is 0.666. The first-order valence-electron chi connectivity index (χ1n) is 9.70. The van der Waals surface area contributed by atoms with E-state index in [4.69, 9.17) is 11.6 Å². The Morgan fingerprint density at radius 1 is 1.15 bits per heavy atom. The molecular weight excluding hydrogens is 368 g/mol. The summed E-state index contributed by atoms with van der Waals surface area (Å²) in [5.74, 6) is 0.137. The van der Waals surface area contributed by atoms with Gasteiger partial charge in [-0.05, 0) is 49.8 Å². The summed E-state index contributed by atoms with van der Waals surface area (Å²) < 4.78 is 0. The van der Waals surface area contributed by atoms with Crippen molar-refractivity contribution < 1.29 is 19.8 Å². The Kier molecular flexibility index (Phi) is 5.03. The Bertz CT molecular complexity index is 747. The van der Waals surface area contributed by atoms with Crippen LogP contribution in [0.15, 0.2) is 18.2 Å². The van der Waals surface area contributed by atoms with Crippen LogP contribution >= 0.6 is 11.6 Å². The Morgan fingerprint density at radius 3 is 2.59 bits per heavy atom. The Balaban J connectivity index is 1.43. The molecule has 146 valence electrons. The highest BCUT2D eigenvalue weighted by molar-refractivity contribution is 6.32. The summed E-state index contributed by atoms with van der Waals surface area (Å²) in [5.41, 5.74) is 0.758. The van der Waals surface area contributed by atoms with Gasteiger partial charge in [-0.3, -0.25) is 9.59 Å². The van der Waals surface area contributed by atoms with Crippen LogP contribution < -0.4 is 0 Å². The van der Waals surface area contributed by atoms with E-state index in [9.17, 15) is 19.8 Å². The number of carbonyl (C=O) groups excluding carboxylic acids is 2. The molecule has 0 spiro atoms. The molecule has 2 N–H and O–H groups in total. The third-order valence-corrected chi connectivity index (χ3v) is 6.59. The van der Waals surface area contributed by atoms with Crippen LogP contribution in [0.25, 0.3) is 0 Å². The molecule has 0 bridgehead atoms. The second-order valence-electron chi connectivity index (χ2n) is 7.94. The highest BCUT2D eigenvalue weighted by atomic mass is 35.5. The van der Waals surface area contributed by atoms with E-state index in [1.165, 1.54) is 6.07 Å². The average Bonchev–Trinajstić information content (AvgIpc) is 3.17. The molecule has 2 amide bonds. The number of aromatic hydroxyl groups is 1. The molecule has 2 heterocycles. The fraction of sp³-hybridized carbons (Fsp3) is 0.600. The maximum Gasteiger partial charge on any atom is 0.227 e. The van der Waals surface area contributed by atoms with Gasteiger partial charge >= 0.3 is 0 Å². The zero-order chi connectivity index (χ0) is 19.1. The van der Waals surface area contributed by atoms with Crippen LogP contribution in [0.3, 0.4) is 0 Å². The molecule has 7 heteroatoms. The summed E-state index contributed by atoms with van der Waals surface area (Å²) in [5, 5.41) is 19.5. The van der Waals surface area contributed by atoms with Gasteiger partial charge in [-0.2, -0.15) is 0 Å². The number of fused-ring (bicyclic) bond motifs is 1. The molecule has 2 aliphatic heterocycles. The molecule has 3 aliphatic rings. The summed E-state index contributed by atoms with van der Waals surface area (Å²) in [7, 11) is 0. The lowest BCUT2D eigenvalue weighted by Gasteiger charge is -2.36. The highest BCUT2D eigenvalue weighted by Gasteiger charge is 2.50. The third-order valence-electron chi connectivity index (χ3n) is 6.29. The number of nitrogens with zero attached hydrogens (tertiary/aromatic N) is 2. The minimum atomic E-state index is -0.242. The van der Waals surface area contributed by atoms with Crippen molar-refractivity contribution in [2.75, 3.05) is 6.54 Å². The van der Waals surface area contributed by atoms with Crippen molar-refractivity contribution in [3.05, 3.63) is 28.8 Å². The van der Waals surface area contributed by atoms with Crippen LogP contribution in [0.2, 0.25) is 5.02 Å². The average molecular weight is 393 g/mol. The first-order chi connectivity index (χ1) is 12.9. The lowest BCUT2D eigenvalue weighted by atomic mass is 9.91. The van der Waals surface area contributed by atoms with E-state index in [1.807, 2.05) is 9.80 Å². The maximum atomic E-state index is 12.8. The number of aliphatic hydroxyl groups is 1. The number of aliphatic hydroxyl groups excluding tert-OH is 1. The molecule has 2 saturated heterocycles. The van der Waals surface area contributed by atoms with Gasteiger partial charge in [0.15, 0.2) is 0 Å². The molecule has 27 heavy (non-hydrogen) atoms. The molecule has 0 unspecified atom stereocenters. The number of hydrogen-bond donors (Lipinski definition) is 2. The van der Waals surface area contributed by atoms with Crippen LogP contribution in [0.1, 0.15) is 44.1 Å². The van der Waals surface area contributed by atoms with Gasteiger partial charge in [0.1, 0.15) is 5.75 Å². The number of halogens is 1. The number of rotatable bonds is 3. The first kappa shape index (κ1) is 18.6. The van der Waals surface area contributed by atoms with Crippen LogP contribution in [-0.2, 0) is 16.0 Å². The monoisotopic (exact) mass is 392 g/mol. The smallest absolute Gasteiger partial charge is 0.227 e. The van der Waals surface area contributed by atoms with E-state index in [1.54, 1.807) is 12.1 Å². The Labute approximate surface area is 163 Å². The molecular formula is C20H25ClN2O4. The van der Waals surface area contributed by atoms with Crippen LogP contribution in [-0.4, -0.2) is 62.6 Å². The van der Waals surface area contributed by atoms with Crippen molar-refractivity contribution in [1.82, 2.24) is 9.80 Å². The summed E-state index contributed by atoms with van der Waals surface area (Å²) >= 11 is 5.94. The summed E-state index contributed by atoms with van der Waals surface area (Å²) in [4.78, 5) is 29.4. The number of hydrogen-bond acceptors (Lipinski definition) is 4. The lowest BCUT2D eigenvalue weighted by molar-refractivity contribution is -0.132. The van der Waals surface area contributed by atoms with E-state index < -0.39 is 0 Å². The van der Waals surface area contributed by atoms with E-state index in [-0.39, 0.29) is 53.2 Å². The number of phenols is 1. The Morgan fingerprint density at radius 2 is 1.89 bits per heavy atom. The number of likely N-dealkylation sites (tertiary alicyclic amines) is 2. The predicted molar refractivity (Wildman–Crippen MR) is 100 cm³/mol. The minimum absolute atomic E-state index is 0.00188. The molecule has 1 aromatic rings. The van der Waals surface area contributed by atoms with Crippen molar-refractivity contribution in [2.24, 2.45) is 0 Å². The van der Waals surface area contributed by atoms with E-state index in [2.05, 4.69) is 0 Å². The quantitative estimate of drug-likeness (QED) is 0.825. The van der Waals surface area contributed by atoms with Gasteiger partial charge in [-0.15, -0.1) is 0 Å². The molecule has 0 aromatic heterocycles. The van der Waals surface area contributed by atoms with Gasteiger partial charge in [0, 0.05) is 19.0 Å². The molecule has 6 nitrogen and oxygen atoms in total. The number of benzene rings is 1. The molecule has 4 rings (SSSR count). The molecule has 0 radical (unpaired) electrons. The Hall–Kier alpha value is -1.79. The molecule has 1 aromatic carbocycles. The molecule has 1 saturated carbocycles. The van der Waals surface area contributed by atoms with E-state index in [0.717, 1.165) is 37.7 Å². The van der Waals surface area contributed by atoms with Gasteiger partial charge in [0.25, 0.3) is 0 Å². The van der Waals surface area contributed by atoms with Crippen molar-refractivity contribution >= 4 is 23.4 Å². The zero-order valence-electron chi connectivity index (χ0n) is 15.2. The second kappa shape index (κ2) is 7.32. The SMILES string of the molecule is O=C(Cc1ccc(O)c(Cl)c1)N1CC[C@H]2[C@@H]1CC(=O)N2C1CCC(O)CC1.